The lowest BCUT2D eigenvalue weighted by molar-refractivity contribution is 0.306. The van der Waals surface area contributed by atoms with Crippen LogP contribution in [0.3, 0.4) is 0 Å². The fourth-order valence-corrected chi connectivity index (χ4v) is 4.78. The zero-order valence-corrected chi connectivity index (χ0v) is 18.1. The zero-order valence-electron chi connectivity index (χ0n) is 17.3. The first-order chi connectivity index (χ1) is 14.0. The van der Waals surface area contributed by atoms with Gasteiger partial charge in [0, 0.05) is 29.8 Å². The Bertz CT molecular complexity index is 997. The monoisotopic (exact) mass is 405 g/mol. The molecule has 0 aliphatic carbocycles. The highest BCUT2D eigenvalue weighted by atomic mass is 32.1. The van der Waals surface area contributed by atoms with E-state index in [-0.39, 0.29) is 12.1 Å². The minimum absolute atomic E-state index is 0.00600. The molecule has 6 heteroatoms. The lowest BCUT2D eigenvalue weighted by Crippen LogP contribution is -2.29. The Balaban J connectivity index is 1.81. The van der Waals surface area contributed by atoms with Gasteiger partial charge < -0.3 is 14.8 Å². The number of hydrogen-bond donors (Lipinski definition) is 1. The molecule has 150 valence electrons. The summed E-state index contributed by atoms with van der Waals surface area (Å²) < 4.78 is 2.39. The quantitative estimate of drug-likeness (QED) is 0.626. The summed E-state index contributed by atoms with van der Waals surface area (Å²) in [6.07, 6.45) is 3.67. The molecule has 2 atom stereocenters. The molecule has 1 aliphatic heterocycles. The molecule has 1 fully saturated rings. The third-order valence-electron chi connectivity index (χ3n) is 5.61. The van der Waals surface area contributed by atoms with Crippen molar-refractivity contribution < 1.29 is 0 Å². The van der Waals surface area contributed by atoms with Gasteiger partial charge in [-0.1, -0.05) is 12.1 Å². The molecule has 0 saturated carbocycles. The predicted molar refractivity (Wildman–Crippen MR) is 120 cm³/mol. The summed E-state index contributed by atoms with van der Waals surface area (Å²) in [5, 5.41) is 4.27. The second-order valence-electron chi connectivity index (χ2n) is 7.87. The summed E-state index contributed by atoms with van der Waals surface area (Å²) in [5.41, 5.74) is 5.83. The molecule has 4 heterocycles. The SMILES string of the molecule is Cc1cc([C@@H]2[C@H](c3ccccn3)NC(=S)N2Cc2ccccn2)c(C)n1C(C)C. The van der Waals surface area contributed by atoms with Gasteiger partial charge in [0.25, 0.3) is 0 Å². The van der Waals surface area contributed by atoms with E-state index in [0.29, 0.717) is 12.6 Å². The van der Waals surface area contributed by atoms with Crippen LogP contribution in [-0.4, -0.2) is 24.5 Å². The van der Waals surface area contributed by atoms with Crippen LogP contribution in [0, 0.1) is 13.8 Å². The molecule has 3 aromatic heterocycles. The first kappa shape index (κ1) is 19.6. The number of pyridine rings is 2. The van der Waals surface area contributed by atoms with Crippen LogP contribution in [0.25, 0.3) is 0 Å². The average Bonchev–Trinajstić information content (AvgIpc) is 3.19. The van der Waals surface area contributed by atoms with E-state index in [1.165, 1.54) is 17.0 Å². The molecule has 0 aromatic carbocycles. The summed E-state index contributed by atoms with van der Waals surface area (Å²) in [6, 6.07) is 14.8. The lowest BCUT2D eigenvalue weighted by atomic mass is 9.96. The van der Waals surface area contributed by atoms with E-state index < -0.39 is 0 Å². The fraction of sp³-hybridized carbons (Fsp3) is 0.348. The molecule has 1 aliphatic rings. The van der Waals surface area contributed by atoms with Gasteiger partial charge in [-0.3, -0.25) is 9.97 Å². The van der Waals surface area contributed by atoms with Crippen molar-refractivity contribution in [3.8, 4) is 0 Å². The van der Waals surface area contributed by atoms with E-state index in [4.69, 9.17) is 12.2 Å². The summed E-state index contributed by atoms with van der Waals surface area (Å²) in [5.74, 6) is 0. The maximum absolute atomic E-state index is 5.78. The Kier molecular flexibility index (Phi) is 5.37. The third-order valence-corrected chi connectivity index (χ3v) is 5.97. The smallest absolute Gasteiger partial charge is 0.170 e. The summed E-state index contributed by atoms with van der Waals surface area (Å²) in [6.45, 7) is 9.49. The molecule has 0 radical (unpaired) electrons. The molecule has 1 N–H and O–H groups in total. The summed E-state index contributed by atoms with van der Waals surface area (Å²) in [4.78, 5) is 11.4. The van der Waals surface area contributed by atoms with Crippen LogP contribution in [0.1, 0.15) is 60.3 Å². The largest absolute Gasteiger partial charge is 0.352 e. The highest BCUT2D eigenvalue weighted by Crippen LogP contribution is 2.41. The number of nitrogens with one attached hydrogen (secondary N) is 1. The number of rotatable bonds is 5. The van der Waals surface area contributed by atoms with E-state index in [1.807, 2.05) is 42.7 Å². The van der Waals surface area contributed by atoms with E-state index >= 15 is 0 Å². The first-order valence-electron chi connectivity index (χ1n) is 10.0. The first-order valence-corrected chi connectivity index (χ1v) is 10.4. The van der Waals surface area contributed by atoms with Crippen LogP contribution in [0.15, 0.2) is 54.9 Å². The van der Waals surface area contributed by atoms with Crippen molar-refractivity contribution in [3.63, 3.8) is 0 Å². The van der Waals surface area contributed by atoms with Crippen molar-refractivity contribution in [2.45, 2.75) is 52.4 Å². The maximum atomic E-state index is 5.78. The highest BCUT2D eigenvalue weighted by Gasteiger charge is 2.41. The molecule has 1 saturated heterocycles. The minimum atomic E-state index is -0.00600. The van der Waals surface area contributed by atoms with Gasteiger partial charge >= 0.3 is 0 Å². The van der Waals surface area contributed by atoms with Crippen LogP contribution in [-0.2, 0) is 6.54 Å². The van der Waals surface area contributed by atoms with Crippen molar-refractivity contribution >= 4 is 17.3 Å². The summed E-state index contributed by atoms with van der Waals surface area (Å²) >= 11 is 5.78. The molecule has 5 nitrogen and oxygen atoms in total. The lowest BCUT2D eigenvalue weighted by Gasteiger charge is -2.28. The molecule has 0 bridgehead atoms. The van der Waals surface area contributed by atoms with E-state index in [2.05, 4.69) is 64.6 Å². The third kappa shape index (κ3) is 3.65. The van der Waals surface area contributed by atoms with Crippen LogP contribution < -0.4 is 5.32 Å². The van der Waals surface area contributed by atoms with E-state index in [1.54, 1.807) is 0 Å². The number of aromatic nitrogens is 3. The van der Waals surface area contributed by atoms with Crippen LogP contribution in [0.4, 0.5) is 0 Å². The molecule has 0 amide bonds. The molecule has 0 spiro atoms. The average molecular weight is 406 g/mol. The van der Waals surface area contributed by atoms with Crippen LogP contribution >= 0.6 is 12.2 Å². The standard InChI is InChI=1S/C23H27N5S/c1-15(2)28-16(3)13-19(17(28)4)22-21(20-10-6-8-12-25-20)26-23(29)27(22)14-18-9-5-7-11-24-18/h5-13,15,21-22H,14H2,1-4H3,(H,26,29)/t21-,22+/m0/s1. The maximum Gasteiger partial charge on any atom is 0.170 e. The molecular weight excluding hydrogens is 378 g/mol. The number of nitrogens with zero attached hydrogens (tertiary/aromatic N) is 4. The van der Waals surface area contributed by atoms with Crippen molar-refractivity contribution in [3.05, 3.63) is 83.2 Å². The molecular formula is C23H27N5S. The Labute approximate surface area is 177 Å². The van der Waals surface area contributed by atoms with Gasteiger partial charge in [-0.2, -0.15) is 0 Å². The second kappa shape index (κ2) is 7.95. The van der Waals surface area contributed by atoms with Gasteiger partial charge in [-0.15, -0.1) is 0 Å². The molecule has 29 heavy (non-hydrogen) atoms. The van der Waals surface area contributed by atoms with Crippen molar-refractivity contribution in [2.75, 3.05) is 0 Å². The topological polar surface area (TPSA) is 46.0 Å². The Morgan fingerprint density at radius 2 is 1.79 bits per heavy atom. The highest BCUT2D eigenvalue weighted by molar-refractivity contribution is 7.80. The van der Waals surface area contributed by atoms with Gasteiger partial charge in [-0.25, -0.2) is 0 Å². The van der Waals surface area contributed by atoms with Gasteiger partial charge in [0.05, 0.1) is 30.0 Å². The van der Waals surface area contributed by atoms with Gasteiger partial charge in [0.2, 0.25) is 0 Å². The molecule has 0 unspecified atom stereocenters. The Morgan fingerprint density at radius 1 is 1.07 bits per heavy atom. The fourth-order valence-electron chi connectivity index (χ4n) is 4.48. The van der Waals surface area contributed by atoms with Crippen LogP contribution in [0.2, 0.25) is 0 Å². The normalized spacial score (nSPS) is 19.1. The Hall–Kier alpha value is -2.73. The molecule has 4 rings (SSSR count). The number of hydrogen-bond acceptors (Lipinski definition) is 3. The van der Waals surface area contributed by atoms with Gasteiger partial charge in [0.15, 0.2) is 5.11 Å². The predicted octanol–water partition coefficient (Wildman–Crippen LogP) is 4.65. The second-order valence-corrected chi connectivity index (χ2v) is 8.25. The number of aryl methyl sites for hydroxylation is 1. The van der Waals surface area contributed by atoms with Crippen LogP contribution in [0.5, 0.6) is 0 Å². The van der Waals surface area contributed by atoms with Gasteiger partial charge in [0.1, 0.15) is 0 Å². The number of thiocarbonyl (C=S) groups is 1. The van der Waals surface area contributed by atoms with Crippen molar-refractivity contribution in [1.29, 1.82) is 0 Å². The Morgan fingerprint density at radius 3 is 2.38 bits per heavy atom. The molecule has 3 aromatic rings. The zero-order chi connectivity index (χ0) is 20.5. The van der Waals surface area contributed by atoms with E-state index in [0.717, 1.165) is 16.5 Å². The van der Waals surface area contributed by atoms with Crippen molar-refractivity contribution in [1.82, 2.24) is 24.8 Å². The summed E-state index contributed by atoms with van der Waals surface area (Å²) in [7, 11) is 0. The van der Waals surface area contributed by atoms with Crippen molar-refractivity contribution in [2.24, 2.45) is 0 Å². The van der Waals surface area contributed by atoms with E-state index in [9.17, 15) is 0 Å². The van der Waals surface area contributed by atoms with Gasteiger partial charge in [-0.05, 0) is 75.8 Å². The minimum Gasteiger partial charge on any atom is -0.352 e.